The highest BCUT2D eigenvalue weighted by Gasteiger charge is 2.36. The second-order valence-electron chi connectivity index (χ2n) is 5.99. The van der Waals surface area contributed by atoms with Crippen molar-refractivity contribution in [3.63, 3.8) is 0 Å². The number of β-amino-alcohol motifs (C(OH)–C–C–N with tert-alkyl or cyclic N) is 1. The zero-order chi connectivity index (χ0) is 16.8. The number of hydrogen-bond donors (Lipinski definition) is 2. The summed E-state index contributed by atoms with van der Waals surface area (Å²) in [5.74, 6) is 1.51. The van der Waals surface area contributed by atoms with Gasteiger partial charge < -0.3 is 14.6 Å². The minimum Gasteiger partial charge on any atom is -0.490 e. The molecule has 0 spiro atoms. The van der Waals surface area contributed by atoms with E-state index in [1.807, 2.05) is 31.2 Å². The summed E-state index contributed by atoms with van der Waals surface area (Å²) in [6, 6.07) is 7.68. The molecule has 7 heteroatoms. The standard InChI is InChI=1S/C17H24N4O3/c1-2-23-14-6-3-4-7-15(14)24-11-10-21-9-5-8-17(22,13-21)16-12-18-20-19-16/h3-4,6-7,12,22H,2,5,8-11,13H2,1H3,(H,18,19,20). The molecule has 2 aromatic rings. The van der Waals surface area contributed by atoms with Gasteiger partial charge in [0.25, 0.3) is 0 Å². The van der Waals surface area contributed by atoms with Crippen LogP contribution in [0.3, 0.4) is 0 Å². The first kappa shape index (κ1) is 16.7. The lowest BCUT2D eigenvalue weighted by molar-refractivity contribution is -0.0413. The molecule has 7 nitrogen and oxygen atoms in total. The molecule has 0 amide bonds. The highest BCUT2D eigenvalue weighted by molar-refractivity contribution is 5.39. The van der Waals surface area contributed by atoms with E-state index < -0.39 is 5.60 Å². The summed E-state index contributed by atoms with van der Waals surface area (Å²) in [4.78, 5) is 2.20. The van der Waals surface area contributed by atoms with Gasteiger partial charge in [-0.1, -0.05) is 12.1 Å². The van der Waals surface area contributed by atoms with Crippen LogP contribution >= 0.6 is 0 Å². The van der Waals surface area contributed by atoms with Crippen molar-refractivity contribution >= 4 is 0 Å². The van der Waals surface area contributed by atoms with Gasteiger partial charge >= 0.3 is 0 Å². The summed E-state index contributed by atoms with van der Waals surface area (Å²) < 4.78 is 11.4. The van der Waals surface area contributed by atoms with Crippen LogP contribution < -0.4 is 9.47 Å². The molecule has 1 aliphatic rings. The van der Waals surface area contributed by atoms with Gasteiger partial charge in [0.15, 0.2) is 11.5 Å². The third-order valence-electron chi connectivity index (χ3n) is 4.26. The topological polar surface area (TPSA) is 83.5 Å². The lowest BCUT2D eigenvalue weighted by atomic mass is 9.90. The Hall–Kier alpha value is -2.12. The molecule has 1 atom stereocenters. The summed E-state index contributed by atoms with van der Waals surface area (Å²) in [6.45, 7) is 5.32. The molecule has 0 saturated carbocycles. The summed E-state index contributed by atoms with van der Waals surface area (Å²) in [5, 5.41) is 21.2. The van der Waals surface area contributed by atoms with Gasteiger partial charge in [-0.2, -0.15) is 15.4 Å². The van der Waals surface area contributed by atoms with E-state index >= 15 is 0 Å². The van der Waals surface area contributed by atoms with Crippen LogP contribution in [-0.4, -0.2) is 58.3 Å². The maximum Gasteiger partial charge on any atom is 0.161 e. The number of rotatable bonds is 7. The first-order valence-corrected chi connectivity index (χ1v) is 8.37. The maximum atomic E-state index is 10.8. The van der Waals surface area contributed by atoms with Crippen molar-refractivity contribution in [1.82, 2.24) is 20.3 Å². The zero-order valence-corrected chi connectivity index (χ0v) is 13.9. The minimum atomic E-state index is -0.936. The number of aromatic nitrogens is 3. The van der Waals surface area contributed by atoms with Crippen LogP contribution in [0.2, 0.25) is 0 Å². The number of nitrogens with zero attached hydrogens (tertiary/aromatic N) is 3. The van der Waals surface area contributed by atoms with Crippen LogP contribution in [0.1, 0.15) is 25.5 Å². The van der Waals surface area contributed by atoms with E-state index in [9.17, 15) is 5.11 Å². The molecule has 130 valence electrons. The fraction of sp³-hybridized carbons (Fsp3) is 0.529. The van der Waals surface area contributed by atoms with Gasteiger partial charge in [0.1, 0.15) is 17.9 Å². The van der Waals surface area contributed by atoms with Crippen molar-refractivity contribution in [1.29, 1.82) is 0 Å². The fourth-order valence-electron chi connectivity index (χ4n) is 3.08. The van der Waals surface area contributed by atoms with E-state index in [1.165, 1.54) is 0 Å². The van der Waals surface area contributed by atoms with E-state index in [2.05, 4.69) is 20.3 Å². The third kappa shape index (κ3) is 3.85. The molecule has 1 unspecified atom stereocenters. The van der Waals surface area contributed by atoms with Crippen molar-refractivity contribution in [2.45, 2.75) is 25.4 Å². The quantitative estimate of drug-likeness (QED) is 0.801. The zero-order valence-electron chi connectivity index (χ0n) is 13.9. The predicted molar refractivity (Wildman–Crippen MR) is 89.1 cm³/mol. The van der Waals surface area contributed by atoms with Gasteiger partial charge in [-0.05, 0) is 38.4 Å². The second kappa shape index (κ2) is 7.63. The van der Waals surface area contributed by atoms with Gasteiger partial charge in [0.05, 0.1) is 12.8 Å². The Morgan fingerprint density at radius 1 is 1.29 bits per heavy atom. The Balaban J connectivity index is 1.54. The van der Waals surface area contributed by atoms with Crippen LogP contribution in [0, 0.1) is 0 Å². The molecule has 2 N–H and O–H groups in total. The van der Waals surface area contributed by atoms with E-state index in [1.54, 1.807) is 6.20 Å². The third-order valence-corrected chi connectivity index (χ3v) is 4.26. The Morgan fingerprint density at radius 2 is 2.08 bits per heavy atom. The van der Waals surface area contributed by atoms with E-state index in [0.29, 0.717) is 31.9 Å². The molecule has 1 aromatic heterocycles. The van der Waals surface area contributed by atoms with Gasteiger partial charge in [-0.25, -0.2) is 0 Å². The number of ether oxygens (including phenoxy) is 2. The molecule has 0 radical (unpaired) electrons. The number of para-hydroxylation sites is 2. The van der Waals surface area contributed by atoms with Crippen molar-refractivity contribution in [3.8, 4) is 11.5 Å². The molecule has 0 bridgehead atoms. The summed E-state index contributed by atoms with van der Waals surface area (Å²) in [5.41, 5.74) is -0.330. The van der Waals surface area contributed by atoms with E-state index in [0.717, 1.165) is 31.0 Å². The van der Waals surface area contributed by atoms with Crippen LogP contribution in [0.25, 0.3) is 0 Å². The second-order valence-corrected chi connectivity index (χ2v) is 5.99. The van der Waals surface area contributed by atoms with Crippen LogP contribution in [0.4, 0.5) is 0 Å². The number of benzene rings is 1. The molecule has 2 heterocycles. The average molecular weight is 332 g/mol. The molecule has 1 aromatic carbocycles. The average Bonchev–Trinajstić information content (AvgIpc) is 3.12. The fourth-order valence-corrected chi connectivity index (χ4v) is 3.08. The van der Waals surface area contributed by atoms with E-state index in [-0.39, 0.29) is 0 Å². The van der Waals surface area contributed by atoms with Crippen LogP contribution in [0.15, 0.2) is 30.5 Å². The highest BCUT2D eigenvalue weighted by Crippen LogP contribution is 2.30. The minimum absolute atomic E-state index is 0.538. The molecule has 1 saturated heterocycles. The number of likely N-dealkylation sites (tertiary alicyclic amines) is 1. The molecule has 1 fully saturated rings. The van der Waals surface area contributed by atoms with Gasteiger partial charge in [0, 0.05) is 13.1 Å². The summed E-state index contributed by atoms with van der Waals surface area (Å²) >= 11 is 0. The van der Waals surface area contributed by atoms with Gasteiger partial charge in [-0.15, -0.1) is 0 Å². The molecule has 1 aliphatic heterocycles. The summed E-state index contributed by atoms with van der Waals surface area (Å²) in [7, 11) is 0. The van der Waals surface area contributed by atoms with Crippen molar-refractivity contribution in [2.24, 2.45) is 0 Å². The SMILES string of the molecule is CCOc1ccccc1OCCN1CCCC(O)(c2cn[nH]n2)C1. The smallest absolute Gasteiger partial charge is 0.161 e. The van der Waals surface area contributed by atoms with Crippen molar-refractivity contribution < 1.29 is 14.6 Å². The van der Waals surface area contributed by atoms with Gasteiger partial charge in [0.2, 0.25) is 0 Å². The number of hydrogen-bond acceptors (Lipinski definition) is 6. The Labute approximate surface area is 141 Å². The van der Waals surface area contributed by atoms with Crippen molar-refractivity contribution in [3.05, 3.63) is 36.2 Å². The number of piperidine rings is 1. The first-order valence-electron chi connectivity index (χ1n) is 8.37. The van der Waals surface area contributed by atoms with E-state index in [4.69, 9.17) is 9.47 Å². The highest BCUT2D eigenvalue weighted by atomic mass is 16.5. The normalized spacial score (nSPS) is 21.6. The Kier molecular flexibility index (Phi) is 5.32. The van der Waals surface area contributed by atoms with Crippen LogP contribution in [-0.2, 0) is 5.60 Å². The number of H-pyrrole nitrogens is 1. The predicted octanol–water partition coefficient (Wildman–Crippen LogP) is 1.57. The number of aromatic amines is 1. The molecular weight excluding hydrogens is 308 g/mol. The molecule has 3 rings (SSSR count). The molecule has 0 aliphatic carbocycles. The number of nitrogens with one attached hydrogen (secondary N) is 1. The molecule has 24 heavy (non-hydrogen) atoms. The Bertz CT molecular complexity index is 635. The lowest BCUT2D eigenvalue weighted by Crippen LogP contribution is -2.47. The largest absolute Gasteiger partial charge is 0.490 e. The first-order chi connectivity index (χ1) is 11.7. The van der Waals surface area contributed by atoms with Crippen LogP contribution in [0.5, 0.6) is 11.5 Å². The van der Waals surface area contributed by atoms with Gasteiger partial charge in [-0.3, -0.25) is 4.90 Å². The Morgan fingerprint density at radius 3 is 2.79 bits per heavy atom. The molecular formula is C17H24N4O3. The monoisotopic (exact) mass is 332 g/mol. The maximum absolute atomic E-state index is 10.8. The number of aliphatic hydroxyl groups is 1. The summed E-state index contributed by atoms with van der Waals surface area (Å²) in [6.07, 6.45) is 3.21. The lowest BCUT2D eigenvalue weighted by Gasteiger charge is -2.37. The van der Waals surface area contributed by atoms with Crippen molar-refractivity contribution in [2.75, 3.05) is 32.8 Å².